The number of hydrogen-bond acceptors (Lipinski definition) is 2. The Hall–Kier alpha value is 3.81. The molecule has 12 heteroatoms. The summed E-state index contributed by atoms with van der Waals surface area (Å²) in [6.45, 7) is 8.32. The Morgan fingerprint density at radius 1 is 0.864 bits per heavy atom. The molecule has 0 saturated heterocycles. The largest absolute Gasteiger partial charge is 2.00 e. The summed E-state index contributed by atoms with van der Waals surface area (Å²) in [5.74, 6) is -0.991. The minimum absolute atomic E-state index is 0. The van der Waals surface area contributed by atoms with Crippen LogP contribution in [0.3, 0.4) is 0 Å². The van der Waals surface area contributed by atoms with Crippen LogP contribution in [0.5, 0.6) is 0 Å². The number of carbonyl (C=O) groups excluding carboxylic acids is 2. The molecule has 0 aromatic carbocycles. The van der Waals surface area contributed by atoms with Gasteiger partial charge in [0, 0.05) is 98.7 Å². The van der Waals surface area contributed by atoms with E-state index in [0.717, 1.165) is 0 Å². The summed E-state index contributed by atoms with van der Waals surface area (Å²) in [4.78, 5) is 19.0. The zero-order valence-corrected chi connectivity index (χ0v) is 24.6. The van der Waals surface area contributed by atoms with Crippen molar-refractivity contribution in [3.8, 4) is 0 Å². The molecule has 2 amide bonds. The molecule has 2 N–H and O–H groups in total. The van der Waals surface area contributed by atoms with Crippen molar-refractivity contribution in [3.63, 3.8) is 0 Å². The fourth-order valence-corrected chi connectivity index (χ4v) is 0. The third-order valence-electron chi connectivity index (χ3n) is 0.642. The van der Waals surface area contributed by atoms with Gasteiger partial charge < -0.3 is 42.8 Å². The topological polar surface area (TPSA) is 81.7 Å². The second-order valence-corrected chi connectivity index (χ2v) is 4.20. The maximum Gasteiger partial charge on any atom is 2.00 e. The molecule has 4 nitrogen and oxygen atoms in total. The molecular weight excluding hydrogens is 538 g/mol. The van der Waals surface area contributed by atoms with E-state index in [1.807, 2.05) is 0 Å². The zero-order valence-electron chi connectivity index (χ0n) is 13.7. The van der Waals surface area contributed by atoms with Crippen molar-refractivity contribution in [2.24, 2.45) is 0 Å². The van der Waals surface area contributed by atoms with Crippen LogP contribution in [0.2, 0.25) is 0 Å². The Labute approximate surface area is 229 Å². The molecule has 0 radical (unpaired) electrons. The van der Waals surface area contributed by atoms with Gasteiger partial charge in [0.05, 0.1) is 0 Å². The van der Waals surface area contributed by atoms with E-state index < -0.39 is 28.8 Å². The van der Waals surface area contributed by atoms with E-state index in [4.69, 9.17) is 30.1 Å². The number of nitrogens with one attached hydrogen (secondary N) is 2. The van der Waals surface area contributed by atoms with E-state index in [2.05, 4.69) is 6.92 Å². The maximum absolute atomic E-state index is 9.48. The minimum Gasteiger partial charge on any atom is 0 e. The van der Waals surface area contributed by atoms with E-state index in [9.17, 15) is 9.59 Å². The van der Waals surface area contributed by atoms with Gasteiger partial charge in [0.15, 0.2) is 0 Å². The molecule has 0 rings (SSSR count). The Morgan fingerprint density at radius 2 is 0.909 bits per heavy atom. The van der Waals surface area contributed by atoms with Gasteiger partial charge in [-0.3, -0.25) is 0 Å². The molecule has 0 saturated carbocycles. The predicted octanol–water partition coefficient (Wildman–Crippen LogP) is 5.06. The van der Waals surface area contributed by atoms with Crippen LogP contribution in [-0.2, 0) is 135 Å². The normalized spacial score (nSPS) is 4.27. The fourth-order valence-electron chi connectivity index (χ4n) is 0. The molecular formula is C10H23Cl2N2O2Ti6-3. The summed E-state index contributed by atoms with van der Waals surface area (Å²) in [5, 5.41) is 0. The molecule has 0 unspecified atom stereocenters. The molecule has 126 valence electrons. The van der Waals surface area contributed by atoms with Crippen molar-refractivity contribution in [1.82, 2.24) is 0 Å². The summed E-state index contributed by atoms with van der Waals surface area (Å²) in [5.41, 5.74) is 12.4. The molecule has 0 atom stereocenters. The van der Waals surface area contributed by atoms with Crippen molar-refractivity contribution in [1.29, 1.82) is 0 Å². The molecule has 0 aliphatic heterocycles. The number of rotatable bonds is 2. The predicted molar refractivity (Wildman–Crippen MR) is 74.8 cm³/mol. The fraction of sp³-hybridized carbons (Fsp3) is 0.500. The van der Waals surface area contributed by atoms with Gasteiger partial charge in [-0.2, -0.15) is 6.92 Å². The standard InChI is InChI=1S/2C3H7NO.C2H5.2CH3.2ClH.6Ti/c2*1-2-3(4)5;1-2;;;;;;;;;;/h2*2H2,1H3,(H2,4,5);1H2,2H3;2*1H3;2*1H;;;;;;/q;;3*-1;;;;;;;2*+2/p-4. The number of carbonyl (C=O) groups is 2. The molecule has 22 heavy (non-hydrogen) atoms. The molecule has 0 bridgehead atoms. The Morgan fingerprint density at radius 3 is 0.909 bits per heavy atom. The van der Waals surface area contributed by atoms with E-state index in [-0.39, 0.29) is 123 Å². The first-order valence-electron chi connectivity index (χ1n) is 4.11. The van der Waals surface area contributed by atoms with Crippen molar-refractivity contribution in [3.05, 3.63) is 33.2 Å². The van der Waals surface area contributed by atoms with Gasteiger partial charge in [-0.1, -0.05) is 13.8 Å². The molecule has 0 spiro atoms. The van der Waals surface area contributed by atoms with Crippen LogP contribution in [-0.4, -0.2) is 11.8 Å². The average molecular weight is 561 g/mol. The third-order valence-corrected chi connectivity index (χ3v) is 0.642. The summed E-state index contributed by atoms with van der Waals surface area (Å²) >= 11 is -0.556. The summed E-state index contributed by atoms with van der Waals surface area (Å²) in [6.07, 6.45) is 0.667. The van der Waals surface area contributed by atoms with E-state index in [1.165, 1.54) is 0 Å². The van der Waals surface area contributed by atoms with Gasteiger partial charge in [-0.05, 0) is 12.8 Å². The van der Waals surface area contributed by atoms with Gasteiger partial charge in [0.2, 0.25) is 0 Å². The Balaban J connectivity index is -0.00000000765. The van der Waals surface area contributed by atoms with Crippen molar-refractivity contribution in [2.45, 2.75) is 33.6 Å². The maximum atomic E-state index is 9.48. The van der Waals surface area contributed by atoms with Crippen LogP contribution in [0.4, 0.5) is 0 Å². The van der Waals surface area contributed by atoms with E-state index in [0.29, 0.717) is 12.8 Å². The number of hydrogen-bond donors (Lipinski definition) is 0. The first kappa shape index (κ1) is 72.4. The summed E-state index contributed by atoms with van der Waals surface area (Å²) in [7, 11) is 9.78. The molecule has 0 aliphatic carbocycles. The first-order chi connectivity index (χ1) is 6.95. The quantitative estimate of drug-likeness (QED) is 0.349. The van der Waals surface area contributed by atoms with Crippen molar-refractivity contribution < 1.29 is 135 Å². The SMILES string of the molecule is CCC([NH-])=O.CCC([NH-])=O.[CH2-]C.[CH3-].[CH3-].[Cl][Ti][Cl].[Ti+2].[Ti].[Ti].[Ti].[Ti]. The second-order valence-electron chi connectivity index (χ2n) is 1.62. The van der Waals surface area contributed by atoms with Crippen LogP contribution < -0.4 is 0 Å². The summed E-state index contributed by atoms with van der Waals surface area (Å²) < 4.78 is 0. The molecule has 0 fully saturated rings. The minimum atomic E-state index is -0.556. The smallest absolute Gasteiger partial charge is 0 e. The van der Waals surface area contributed by atoms with Crippen molar-refractivity contribution in [2.75, 3.05) is 0 Å². The zero-order chi connectivity index (χ0) is 13.3. The number of halogens is 2. The Kier molecular flexibility index (Phi) is 282. The second kappa shape index (κ2) is 85.7. The van der Waals surface area contributed by atoms with Crippen LogP contribution in [0.1, 0.15) is 33.6 Å². The van der Waals surface area contributed by atoms with Crippen LogP contribution in [0, 0.1) is 21.8 Å². The van der Waals surface area contributed by atoms with Gasteiger partial charge in [-0.25, -0.2) is 0 Å². The van der Waals surface area contributed by atoms with Crippen molar-refractivity contribution >= 4 is 30.4 Å². The van der Waals surface area contributed by atoms with Gasteiger partial charge in [-0.15, -0.1) is 0 Å². The average Bonchev–Trinajstić information content (AvgIpc) is 2.22. The van der Waals surface area contributed by atoms with E-state index >= 15 is 0 Å². The number of amides is 2. The van der Waals surface area contributed by atoms with E-state index in [1.54, 1.807) is 20.8 Å². The third kappa shape index (κ3) is 203. The monoisotopic (exact) mass is 561 g/mol. The van der Waals surface area contributed by atoms with Gasteiger partial charge >= 0.3 is 57.4 Å². The molecule has 0 aromatic rings. The molecule has 0 heterocycles. The van der Waals surface area contributed by atoms with Crippen LogP contribution >= 0.6 is 18.6 Å². The first-order valence-corrected chi connectivity index (χ1v) is 8.41. The molecule has 0 aliphatic rings. The summed E-state index contributed by atoms with van der Waals surface area (Å²) in [6, 6.07) is 0. The Bertz CT molecular complexity index is 139. The molecule has 0 aromatic heterocycles. The van der Waals surface area contributed by atoms with Crippen LogP contribution in [0.25, 0.3) is 11.5 Å². The van der Waals surface area contributed by atoms with Gasteiger partial charge in [0.25, 0.3) is 0 Å². The van der Waals surface area contributed by atoms with Crippen LogP contribution in [0.15, 0.2) is 0 Å². The van der Waals surface area contributed by atoms with Gasteiger partial charge in [0.1, 0.15) is 0 Å².